The number of carbonyl (C=O) groups is 2. The Morgan fingerprint density at radius 3 is 2.87 bits per heavy atom. The average Bonchev–Trinajstić information content (AvgIpc) is 3.22. The van der Waals surface area contributed by atoms with Crippen molar-refractivity contribution in [1.29, 1.82) is 0 Å². The summed E-state index contributed by atoms with van der Waals surface area (Å²) in [5, 5.41) is 10.6. The maximum Gasteiger partial charge on any atom is 1.00 e. The van der Waals surface area contributed by atoms with Gasteiger partial charge in [0.1, 0.15) is 24.1 Å². The van der Waals surface area contributed by atoms with E-state index in [0.29, 0.717) is 0 Å². The van der Waals surface area contributed by atoms with Crippen LogP contribution in [0.1, 0.15) is 19.1 Å². The van der Waals surface area contributed by atoms with Crippen molar-refractivity contribution in [3.8, 4) is 0 Å². The maximum absolute atomic E-state index is 12.1. The summed E-state index contributed by atoms with van der Waals surface area (Å²) in [6, 6.07) is 0. The van der Waals surface area contributed by atoms with Crippen molar-refractivity contribution in [1.82, 2.24) is 19.5 Å². The molecule has 2 fully saturated rings. The number of carboxylic acid groups (broad SMARTS) is 1. The largest absolute Gasteiger partial charge is 1.00 e. The van der Waals surface area contributed by atoms with Crippen LogP contribution in [0.3, 0.4) is 0 Å². The van der Waals surface area contributed by atoms with Gasteiger partial charge in [0.15, 0.2) is 23.8 Å². The van der Waals surface area contributed by atoms with Gasteiger partial charge in [-0.15, -0.1) is 0 Å². The third-order valence-corrected chi connectivity index (χ3v) is 5.39. The standard InChI is InChI=1S/C14H16N5O9P.Na/c15-12-9-13(17-4-16-12)19(5-18-9)14-11(27-8(22)2-1-7(20)21)10-6(26-14)3-25-29(23,24)28-10;/h4-6,10-11,14H,1-3H2,(H,20,21)(H,23,24)(H2,15,16,17);/q;+1/p-1/t6-,10-,11-,14-;/m1./s1. The van der Waals surface area contributed by atoms with Gasteiger partial charge < -0.3 is 30.0 Å². The first-order chi connectivity index (χ1) is 13.7. The summed E-state index contributed by atoms with van der Waals surface area (Å²) in [4.78, 5) is 44.4. The van der Waals surface area contributed by atoms with Crippen LogP contribution in [0.15, 0.2) is 12.7 Å². The van der Waals surface area contributed by atoms with Gasteiger partial charge in [0.25, 0.3) is 0 Å². The van der Waals surface area contributed by atoms with Gasteiger partial charge >= 0.3 is 43.3 Å². The maximum atomic E-state index is 12.1. The van der Waals surface area contributed by atoms with E-state index in [-0.39, 0.29) is 53.1 Å². The third kappa shape index (κ3) is 4.50. The molecular formula is C14H15N5NaO9P. The predicted molar refractivity (Wildman–Crippen MR) is 88.4 cm³/mol. The molecule has 4 heterocycles. The average molecular weight is 451 g/mol. The summed E-state index contributed by atoms with van der Waals surface area (Å²) in [6.07, 6.45) is -2.73. The van der Waals surface area contributed by atoms with Gasteiger partial charge in [-0.2, -0.15) is 0 Å². The number of nitrogen functional groups attached to an aromatic ring is 1. The van der Waals surface area contributed by atoms with E-state index in [1.54, 1.807) is 0 Å². The summed E-state index contributed by atoms with van der Waals surface area (Å²) in [5.41, 5.74) is 6.32. The van der Waals surface area contributed by atoms with Crippen molar-refractivity contribution in [2.45, 2.75) is 37.4 Å². The first kappa shape index (κ1) is 23.0. The molecule has 2 aliphatic rings. The van der Waals surface area contributed by atoms with E-state index in [1.807, 2.05) is 0 Å². The summed E-state index contributed by atoms with van der Waals surface area (Å²) in [5.74, 6) is -2.19. The Kier molecular flexibility index (Phi) is 6.79. The number of rotatable bonds is 5. The van der Waals surface area contributed by atoms with Crippen LogP contribution in [-0.4, -0.2) is 61.3 Å². The normalized spacial score (nSPS) is 30.4. The predicted octanol–water partition coefficient (Wildman–Crippen LogP) is -4.73. The van der Waals surface area contributed by atoms with Crippen LogP contribution < -0.4 is 40.4 Å². The topological polar surface area (TPSA) is 201 Å². The fraction of sp³-hybridized carbons (Fsp3) is 0.500. The number of aromatic nitrogens is 4. The van der Waals surface area contributed by atoms with Gasteiger partial charge in [-0.3, -0.25) is 18.4 Å². The van der Waals surface area contributed by atoms with Crippen molar-refractivity contribution >= 4 is 36.7 Å². The van der Waals surface area contributed by atoms with Gasteiger partial charge in [0.2, 0.25) is 0 Å². The van der Waals surface area contributed by atoms with Gasteiger partial charge in [-0.25, -0.2) is 19.5 Å². The van der Waals surface area contributed by atoms with E-state index < -0.39 is 57.1 Å². The van der Waals surface area contributed by atoms with Crippen molar-refractivity contribution in [3.05, 3.63) is 12.7 Å². The van der Waals surface area contributed by atoms with Gasteiger partial charge in [0, 0.05) is 5.97 Å². The van der Waals surface area contributed by atoms with Crippen molar-refractivity contribution in [2.24, 2.45) is 0 Å². The Morgan fingerprint density at radius 1 is 1.37 bits per heavy atom. The molecule has 2 aromatic heterocycles. The minimum absolute atomic E-state index is 0. The molecule has 2 aromatic rings. The number of hydrogen-bond acceptors (Lipinski definition) is 12. The fourth-order valence-electron chi connectivity index (χ4n) is 3.14. The first-order valence-electron chi connectivity index (χ1n) is 8.39. The SMILES string of the molecule is Nc1ncnc2c1ncn2[C@@H]1O[C@@H]2COP(=O)(O)O[C@H]2[C@H]1OC(=O)CCC(=O)[O-].[Na+]. The molecule has 1 unspecified atom stereocenters. The van der Waals surface area contributed by atoms with Crippen LogP contribution in [0.5, 0.6) is 0 Å². The number of aliphatic carboxylic acids is 1. The van der Waals surface area contributed by atoms with E-state index in [0.717, 1.165) is 0 Å². The molecule has 0 spiro atoms. The molecule has 0 amide bonds. The molecule has 14 nitrogen and oxygen atoms in total. The van der Waals surface area contributed by atoms with E-state index in [9.17, 15) is 24.2 Å². The zero-order valence-electron chi connectivity index (χ0n) is 15.6. The summed E-state index contributed by atoms with van der Waals surface area (Å²) in [7, 11) is -4.37. The molecule has 156 valence electrons. The number of imidazole rings is 1. The molecule has 16 heteroatoms. The number of anilines is 1. The van der Waals surface area contributed by atoms with E-state index in [1.165, 1.54) is 17.2 Å². The number of fused-ring (bicyclic) bond motifs is 2. The number of carbonyl (C=O) groups excluding carboxylic acids is 2. The zero-order valence-corrected chi connectivity index (χ0v) is 18.5. The van der Waals surface area contributed by atoms with Crippen LogP contribution >= 0.6 is 7.82 Å². The Labute approximate surface area is 190 Å². The Bertz CT molecular complexity index is 1020. The Morgan fingerprint density at radius 2 is 2.13 bits per heavy atom. The smallest absolute Gasteiger partial charge is 0.550 e. The molecule has 0 aromatic carbocycles. The van der Waals surface area contributed by atoms with Crippen LogP contribution in [0.25, 0.3) is 11.2 Å². The molecule has 2 aliphatic heterocycles. The van der Waals surface area contributed by atoms with Gasteiger partial charge in [-0.1, -0.05) is 0 Å². The van der Waals surface area contributed by atoms with E-state index in [4.69, 9.17) is 24.3 Å². The number of ether oxygens (including phenoxy) is 2. The molecule has 0 aliphatic carbocycles. The van der Waals surface area contributed by atoms with E-state index >= 15 is 0 Å². The second-order valence-corrected chi connectivity index (χ2v) is 7.72. The van der Waals surface area contributed by atoms with Gasteiger partial charge in [0.05, 0.1) is 19.4 Å². The summed E-state index contributed by atoms with van der Waals surface area (Å²) >= 11 is 0. The number of esters is 1. The second-order valence-electron chi connectivity index (χ2n) is 6.31. The van der Waals surface area contributed by atoms with Crippen molar-refractivity contribution in [3.63, 3.8) is 0 Å². The van der Waals surface area contributed by atoms with Crippen LogP contribution in [0.4, 0.5) is 5.82 Å². The number of nitrogens with zero attached hydrogens (tertiary/aromatic N) is 4. The minimum atomic E-state index is -4.37. The summed E-state index contributed by atoms with van der Waals surface area (Å²) in [6.45, 7) is -0.286. The molecule has 0 bridgehead atoms. The Hall–Kier alpha value is -1.64. The van der Waals surface area contributed by atoms with Crippen molar-refractivity contribution < 1.29 is 72.2 Å². The van der Waals surface area contributed by atoms with E-state index in [2.05, 4.69) is 15.0 Å². The second kappa shape index (κ2) is 8.85. The summed E-state index contributed by atoms with van der Waals surface area (Å²) < 4.78 is 34.2. The number of phosphoric acid groups is 1. The molecule has 4 rings (SSSR count). The zero-order chi connectivity index (χ0) is 20.8. The monoisotopic (exact) mass is 451 g/mol. The number of carboxylic acids is 1. The molecule has 3 N–H and O–H groups in total. The van der Waals surface area contributed by atoms with Crippen LogP contribution in [0.2, 0.25) is 0 Å². The molecule has 0 saturated carbocycles. The van der Waals surface area contributed by atoms with Crippen LogP contribution in [0, 0.1) is 0 Å². The molecule has 0 radical (unpaired) electrons. The first-order valence-corrected chi connectivity index (χ1v) is 9.88. The van der Waals surface area contributed by atoms with Gasteiger partial charge in [-0.05, 0) is 6.42 Å². The number of phosphoric ester groups is 1. The minimum Gasteiger partial charge on any atom is -0.550 e. The molecular weight excluding hydrogens is 436 g/mol. The molecule has 5 atom stereocenters. The third-order valence-electron chi connectivity index (χ3n) is 4.40. The quantitative estimate of drug-likeness (QED) is 0.250. The number of nitrogens with two attached hydrogens (primary N) is 1. The van der Waals surface area contributed by atoms with Crippen LogP contribution in [-0.2, 0) is 32.7 Å². The molecule has 30 heavy (non-hydrogen) atoms. The van der Waals surface area contributed by atoms with Crippen molar-refractivity contribution in [2.75, 3.05) is 12.3 Å². The molecule has 2 saturated heterocycles. The number of hydrogen-bond donors (Lipinski definition) is 2. The Balaban J connectivity index is 0.00000256. The fourth-order valence-corrected chi connectivity index (χ4v) is 4.10.